The molecule has 2 heterocycles. The average Bonchev–Trinajstić information content (AvgIpc) is 3.00. The summed E-state index contributed by atoms with van der Waals surface area (Å²) in [5.74, 6) is 0.757. The molecule has 2 saturated heterocycles. The van der Waals surface area contributed by atoms with Crippen LogP contribution >= 0.6 is 0 Å². The van der Waals surface area contributed by atoms with Crippen molar-refractivity contribution in [2.75, 3.05) is 26.2 Å². The van der Waals surface area contributed by atoms with Gasteiger partial charge in [0, 0.05) is 32.6 Å². The summed E-state index contributed by atoms with van der Waals surface area (Å²) in [6.07, 6.45) is 5.22. The van der Waals surface area contributed by atoms with Gasteiger partial charge >= 0.3 is 0 Å². The highest BCUT2D eigenvalue weighted by Gasteiger charge is 2.53. The fourth-order valence-corrected chi connectivity index (χ4v) is 5.83. The van der Waals surface area contributed by atoms with E-state index in [9.17, 15) is 9.59 Å². The third-order valence-electron chi connectivity index (χ3n) is 8.22. The van der Waals surface area contributed by atoms with Gasteiger partial charge in [0.05, 0.1) is 0 Å². The first kappa shape index (κ1) is 27.7. The normalized spacial score (nSPS) is 18.9. The molecule has 1 atom stereocenters. The summed E-state index contributed by atoms with van der Waals surface area (Å²) in [5, 5.41) is 3.11. The van der Waals surface area contributed by atoms with Crippen molar-refractivity contribution in [1.82, 2.24) is 15.1 Å². The van der Waals surface area contributed by atoms with Crippen molar-refractivity contribution in [3.8, 4) is 5.75 Å². The number of benzene rings is 3. The van der Waals surface area contributed by atoms with Crippen molar-refractivity contribution in [2.24, 2.45) is 0 Å². The molecule has 40 heavy (non-hydrogen) atoms. The van der Waals surface area contributed by atoms with Crippen molar-refractivity contribution >= 4 is 11.8 Å². The van der Waals surface area contributed by atoms with Gasteiger partial charge in [-0.05, 0) is 54.5 Å². The number of piperazine rings is 1. The van der Waals surface area contributed by atoms with Crippen LogP contribution in [0.2, 0.25) is 0 Å². The maximum absolute atomic E-state index is 13.8. The average molecular weight is 538 g/mol. The van der Waals surface area contributed by atoms with E-state index in [-0.39, 0.29) is 11.8 Å². The summed E-state index contributed by atoms with van der Waals surface area (Å²) in [6.45, 7) is 7.43. The third kappa shape index (κ3) is 6.45. The van der Waals surface area contributed by atoms with E-state index in [1.165, 1.54) is 5.56 Å². The van der Waals surface area contributed by atoms with Gasteiger partial charge in [-0.3, -0.25) is 9.59 Å². The Morgan fingerprint density at radius 2 is 1.50 bits per heavy atom. The molecular weight excluding hydrogens is 498 g/mol. The van der Waals surface area contributed by atoms with E-state index in [2.05, 4.69) is 41.1 Å². The van der Waals surface area contributed by atoms with Crippen LogP contribution in [0.4, 0.5) is 0 Å². The highest BCUT2D eigenvalue weighted by molar-refractivity contribution is 6.00. The minimum atomic E-state index is -0.783. The lowest BCUT2D eigenvalue weighted by Gasteiger charge is -2.51. The van der Waals surface area contributed by atoms with Crippen molar-refractivity contribution in [2.45, 2.75) is 50.3 Å². The molecule has 2 aliphatic heterocycles. The molecule has 0 saturated carbocycles. The molecule has 0 aliphatic carbocycles. The summed E-state index contributed by atoms with van der Waals surface area (Å²) in [4.78, 5) is 31.8. The van der Waals surface area contributed by atoms with Gasteiger partial charge in [0.1, 0.15) is 23.9 Å². The van der Waals surface area contributed by atoms with E-state index in [1.54, 1.807) is 0 Å². The molecule has 1 spiro atoms. The topological polar surface area (TPSA) is 61.9 Å². The van der Waals surface area contributed by atoms with E-state index < -0.39 is 11.6 Å². The lowest BCUT2D eigenvalue weighted by atomic mass is 9.81. The first-order chi connectivity index (χ1) is 19.6. The number of piperidine rings is 1. The summed E-state index contributed by atoms with van der Waals surface area (Å²) in [5.41, 5.74) is 2.63. The number of amides is 2. The van der Waals surface area contributed by atoms with Crippen LogP contribution in [-0.4, -0.2) is 59.4 Å². The van der Waals surface area contributed by atoms with Crippen LogP contribution < -0.4 is 10.1 Å². The summed E-state index contributed by atoms with van der Waals surface area (Å²) in [6, 6.07) is 27.8. The Morgan fingerprint density at radius 1 is 0.850 bits per heavy atom. The SMILES string of the molecule is C=CCCN1C(=O)C(Cc2ccc(OCc3ccccc3)cc2)NC(=O)C12CCN(CCc1ccccc1)CC2. The zero-order valence-corrected chi connectivity index (χ0v) is 23.1. The number of hydrogen-bond donors (Lipinski definition) is 1. The Morgan fingerprint density at radius 3 is 2.15 bits per heavy atom. The Bertz CT molecular complexity index is 1270. The van der Waals surface area contributed by atoms with Gasteiger partial charge in [-0.15, -0.1) is 6.58 Å². The van der Waals surface area contributed by atoms with Gasteiger partial charge in [0.25, 0.3) is 0 Å². The second-order valence-corrected chi connectivity index (χ2v) is 10.8. The molecule has 0 aromatic heterocycles. The largest absolute Gasteiger partial charge is 0.489 e. The number of likely N-dealkylation sites (tertiary alicyclic amines) is 1. The van der Waals surface area contributed by atoms with Gasteiger partial charge in [-0.1, -0.05) is 78.9 Å². The monoisotopic (exact) mass is 537 g/mol. The van der Waals surface area contributed by atoms with E-state index in [0.717, 1.165) is 42.9 Å². The molecule has 6 heteroatoms. The van der Waals surface area contributed by atoms with Crippen LogP contribution in [-0.2, 0) is 29.0 Å². The van der Waals surface area contributed by atoms with Gasteiger partial charge in [0.2, 0.25) is 11.8 Å². The highest BCUT2D eigenvalue weighted by atomic mass is 16.5. The second-order valence-electron chi connectivity index (χ2n) is 10.8. The standard InChI is InChI=1S/C34H39N3O3/c1-2-3-21-37-32(38)31(25-28-14-16-30(17-15-28)40-26-29-12-8-5-9-13-29)35-33(39)34(37)19-23-36(24-20-34)22-18-27-10-6-4-7-11-27/h2,4-17,31H,1,3,18-26H2,(H,35,39). The number of carbonyl (C=O) groups excluding carboxylic acids is 2. The molecule has 1 N–H and O–H groups in total. The van der Waals surface area contributed by atoms with Crippen LogP contribution in [0.25, 0.3) is 0 Å². The molecule has 2 amide bonds. The van der Waals surface area contributed by atoms with Crippen LogP contribution in [0, 0.1) is 0 Å². The fraction of sp³-hybridized carbons (Fsp3) is 0.353. The predicted octanol–water partition coefficient (Wildman–Crippen LogP) is 4.79. The van der Waals surface area contributed by atoms with Crippen molar-refractivity contribution in [3.63, 3.8) is 0 Å². The first-order valence-corrected chi connectivity index (χ1v) is 14.3. The van der Waals surface area contributed by atoms with Crippen LogP contribution in [0.1, 0.15) is 36.0 Å². The van der Waals surface area contributed by atoms with Crippen LogP contribution in [0.3, 0.4) is 0 Å². The molecule has 208 valence electrons. The molecule has 2 aliphatic rings. The zero-order valence-electron chi connectivity index (χ0n) is 23.1. The lowest BCUT2D eigenvalue weighted by Crippen LogP contribution is -2.73. The summed E-state index contributed by atoms with van der Waals surface area (Å²) >= 11 is 0. The van der Waals surface area contributed by atoms with E-state index in [4.69, 9.17) is 4.74 Å². The quantitative estimate of drug-likeness (QED) is 0.358. The minimum Gasteiger partial charge on any atom is -0.489 e. The molecule has 0 bridgehead atoms. The number of hydrogen-bond acceptors (Lipinski definition) is 4. The molecule has 5 rings (SSSR count). The van der Waals surface area contributed by atoms with Crippen molar-refractivity contribution < 1.29 is 14.3 Å². The van der Waals surface area contributed by atoms with Crippen molar-refractivity contribution in [1.29, 1.82) is 0 Å². The lowest BCUT2D eigenvalue weighted by molar-refractivity contribution is -0.161. The number of nitrogens with one attached hydrogen (secondary N) is 1. The van der Waals surface area contributed by atoms with E-state index >= 15 is 0 Å². The number of ether oxygens (including phenoxy) is 1. The Labute approximate surface area is 237 Å². The van der Waals surface area contributed by atoms with E-state index in [1.807, 2.05) is 71.6 Å². The van der Waals surface area contributed by atoms with E-state index in [0.29, 0.717) is 38.8 Å². The maximum Gasteiger partial charge on any atom is 0.246 e. The van der Waals surface area contributed by atoms with Crippen molar-refractivity contribution in [3.05, 3.63) is 114 Å². The molecule has 3 aromatic carbocycles. The summed E-state index contributed by atoms with van der Waals surface area (Å²) in [7, 11) is 0. The molecule has 2 fully saturated rings. The number of carbonyl (C=O) groups is 2. The molecule has 0 radical (unpaired) electrons. The first-order valence-electron chi connectivity index (χ1n) is 14.3. The summed E-state index contributed by atoms with van der Waals surface area (Å²) < 4.78 is 5.90. The van der Waals surface area contributed by atoms with Gasteiger partial charge in [-0.25, -0.2) is 0 Å². The van der Waals surface area contributed by atoms with Crippen LogP contribution in [0.15, 0.2) is 97.6 Å². The van der Waals surface area contributed by atoms with Crippen LogP contribution in [0.5, 0.6) is 5.75 Å². The predicted molar refractivity (Wildman–Crippen MR) is 158 cm³/mol. The number of rotatable bonds is 11. The molecule has 1 unspecified atom stereocenters. The minimum absolute atomic E-state index is 0.00332. The fourth-order valence-electron chi connectivity index (χ4n) is 5.83. The second kappa shape index (κ2) is 13.0. The highest BCUT2D eigenvalue weighted by Crippen LogP contribution is 2.34. The molecule has 3 aromatic rings. The Hall–Kier alpha value is -3.90. The number of nitrogens with zero attached hydrogens (tertiary/aromatic N) is 2. The maximum atomic E-state index is 13.8. The molecule has 6 nitrogen and oxygen atoms in total. The van der Waals surface area contributed by atoms with Gasteiger partial charge < -0.3 is 19.9 Å². The Balaban J connectivity index is 1.20. The van der Waals surface area contributed by atoms with Gasteiger partial charge in [-0.2, -0.15) is 0 Å². The molecular formula is C34H39N3O3. The smallest absolute Gasteiger partial charge is 0.246 e. The zero-order chi connectivity index (χ0) is 27.8. The third-order valence-corrected chi connectivity index (χ3v) is 8.22. The Kier molecular flexibility index (Phi) is 8.97. The van der Waals surface area contributed by atoms with Gasteiger partial charge in [0.15, 0.2) is 0 Å².